The Balaban J connectivity index is 2.79. The maximum absolute atomic E-state index is 10.5. The minimum Gasteiger partial charge on any atom is -0.276 e. The van der Waals surface area contributed by atoms with Crippen LogP contribution in [-0.4, -0.2) is 22.7 Å². The van der Waals surface area contributed by atoms with Crippen LogP contribution in [0.2, 0.25) is 0 Å². The maximum atomic E-state index is 10.5. The Morgan fingerprint density at radius 1 is 1.36 bits per heavy atom. The first-order chi connectivity index (χ1) is 5.11. The van der Waals surface area contributed by atoms with Gasteiger partial charge in [0.25, 0.3) is 5.24 Å². The van der Waals surface area contributed by atoms with E-state index in [0.717, 1.165) is 0 Å². The molecule has 0 aliphatic carbocycles. The number of carbonyl (C=O) groups is 2. The molecule has 58 valence electrons. The summed E-state index contributed by atoms with van der Waals surface area (Å²) in [5, 5.41) is -1.26. The largest absolute Gasteiger partial charge is 0.276 e. The van der Waals surface area contributed by atoms with Crippen LogP contribution in [0.15, 0.2) is 16.6 Å². The Bertz CT molecular complexity index is 280. The molecule has 0 saturated carbocycles. The van der Waals surface area contributed by atoms with Crippen molar-refractivity contribution >= 4 is 39.4 Å². The van der Waals surface area contributed by atoms with Gasteiger partial charge in [0.1, 0.15) is 5.71 Å². The summed E-state index contributed by atoms with van der Waals surface area (Å²) in [7, 11) is 0. The molecule has 1 rings (SSSR count). The Morgan fingerprint density at radius 2 is 2.00 bits per heavy atom. The predicted molar refractivity (Wildman–Crippen MR) is 42.1 cm³/mol. The Morgan fingerprint density at radius 3 is 2.27 bits per heavy atom. The van der Waals surface area contributed by atoms with Crippen LogP contribution in [0.25, 0.3) is 0 Å². The standard InChI is InChI=1S/C6H3Cl2NO2/c7-5(10)3-1-4(6(8)11)9-2-3/h1H,2H2. The van der Waals surface area contributed by atoms with Crippen molar-refractivity contribution in [3.63, 3.8) is 0 Å². The SMILES string of the molecule is O=C(Cl)C1=CC(C(=O)Cl)=NC1. The second-order valence-electron chi connectivity index (χ2n) is 1.92. The van der Waals surface area contributed by atoms with E-state index in [4.69, 9.17) is 23.2 Å². The van der Waals surface area contributed by atoms with Crippen LogP contribution >= 0.6 is 23.2 Å². The van der Waals surface area contributed by atoms with Gasteiger partial charge >= 0.3 is 0 Å². The topological polar surface area (TPSA) is 46.5 Å². The molecule has 0 saturated heterocycles. The third-order valence-corrected chi connectivity index (χ3v) is 1.62. The van der Waals surface area contributed by atoms with Gasteiger partial charge in [0.15, 0.2) is 0 Å². The predicted octanol–water partition coefficient (Wildman–Crippen LogP) is 0.898. The van der Waals surface area contributed by atoms with Gasteiger partial charge in [0.05, 0.1) is 6.54 Å². The van der Waals surface area contributed by atoms with Gasteiger partial charge in [0, 0.05) is 5.57 Å². The van der Waals surface area contributed by atoms with E-state index in [9.17, 15) is 9.59 Å². The summed E-state index contributed by atoms with van der Waals surface area (Å²) in [6.45, 7) is 0.149. The van der Waals surface area contributed by atoms with Gasteiger partial charge in [-0.3, -0.25) is 14.6 Å². The molecule has 3 nitrogen and oxygen atoms in total. The summed E-state index contributed by atoms with van der Waals surface area (Å²) < 4.78 is 0. The number of aliphatic imine (C=N–C) groups is 1. The lowest BCUT2D eigenvalue weighted by atomic mass is 10.3. The zero-order valence-corrected chi connectivity index (χ0v) is 6.82. The van der Waals surface area contributed by atoms with Gasteiger partial charge in [0.2, 0.25) is 5.24 Å². The van der Waals surface area contributed by atoms with E-state index >= 15 is 0 Å². The van der Waals surface area contributed by atoms with Gasteiger partial charge in [-0.25, -0.2) is 0 Å². The molecule has 0 atom stereocenters. The van der Waals surface area contributed by atoms with Crippen molar-refractivity contribution < 1.29 is 9.59 Å². The molecule has 0 spiro atoms. The fraction of sp³-hybridized carbons (Fsp3) is 0.167. The van der Waals surface area contributed by atoms with E-state index < -0.39 is 10.5 Å². The third kappa shape index (κ3) is 1.88. The lowest BCUT2D eigenvalue weighted by Gasteiger charge is -1.85. The molecule has 0 aromatic rings. The molecular formula is C6H3Cl2NO2. The third-order valence-electron chi connectivity index (χ3n) is 1.18. The van der Waals surface area contributed by atoms with Gasteiger partial charge in [-0.05, 0) is 29.3 Å². The van der Waals surface area contributed by atoms with E-state index in [0.29, 0.717) is 5.57 Å². The summed E-state index contributed by atoms with van der Waals surface area (Å²) in [6, 6.07) is 0. The highest BCUT2D eigenvalue weighted by atomic mass is 35.5. The quantitative estimate of drug-likeness (QED) is 0.610. The van der Waals surface area contributed by atoms with Gasteiger partial charge < -0.3 is 0 Å². The minimum atomic E-state index is -0.669. The number of halogens is 2. The number of hydrogen-bond donors (Lipinski definition) is 0. The average Bonchev–Trinajstić information content (AvgIpc) is 2.33. The normalized spacial score (nSPS) is 15.8. The fourth-order valence-corrected chi connectivity index (χ4v) is 0.893. The maximum Gasteiger partial charge on any atom is 0.270 e. The van der Waals surface area contributed by atoms with Crippen LogP contribution in [0.1, 0.15) is 0 Å². The van der Waals surface area contributed by atoms with Crippen molar-refractivity contribution in [2.45, 2.75) is 0 Å². The number of allylic oxidation sites excluding steroid dienone is 1. The summed E-state index contributed by atoms with van der Waals surface area (Å²) >= 11 is 10.2. The molecule has 0 bridgehead atoms. The second kappa shape index (κ2) is 3.15. The molecule has 5 heteroatoms. The van der Waals surface area contributed by atoms with Crippen molar-refractivity contribution in [2.75, 3.05) is 6.54 Å². The van der Waals surface area contributed by atoms with Gasteiger partial charge in [-0.2, -0.15) is 0 Å². The molecule has 1 aliphatic heterocycles. The van der Waals surface area contributed by atoms with Crippen LogP contribution < -0.4 is 0 Å². The summed E-state index contributed by atoms with van der Waals surface area (Å²) in [5.74, 6) is 0. The van der Waals surface area contributed by atoms with E-state index in [-0.39, 0.29) is 12.3 Å². The first kappa shape index (κ1) is 8.43. The number of rotatable bonds is 2. The van der Waals surface area contributed by atoms with E-state index in [1.165, 1.54) is 6.08 Å². The zero-order valence-electron chi connectivity index (χ0n) is 5.30. The number of nitrogens with zero attached hydrogens (tertiary/aromatic N) is 1. The van der Waals surface area contributed by atoms with Gasteiger partial charge in [-0.1, -0.05) is 0 Å². The molecule has 0 aromatic heterocycles. The Kier molecular flexibility index (Phi) is 2.42. The highest BCUT2D eigenvalue weighted by Gasteiger charge is 2.16. The molecule has 11 heavy (non-hydrogen) atoms. The summed E-state index contributed by atoms with van der Waals surface area (Å²) in [6.07, 6.45) is 1.30. The minimum absolute atomic E-state index is 0.0932. The second-order valence-corrected chi connectivity index (χ2v) is 2.61. The van der Waals surface area contributed by atoms with Crippen LogP contribution in [0.3, 0.4) is 0 Å². The molecule has 0 fully saturated rings. The summed E-state index contributed by atoms with van der Waals surface area (Å²) in [4.78, 5) is 24.6. The van der Waals surface area contributed by atoms with Crippen molar-refractivity contribution in [2.24, 2.45) is 4.99 Å². The average molecular weight is 192 g/mol. The van der Waals surface area contributed by atoms with Crippen molar-refractivity contribution in [3.8, 4) is 0 Å². The molecule has 0 aromatic carbocycles. The van der Waals surface area contributed by atoms with E-state index in [1.54, 1.807) is 0 Å². The molecule has 0 radical (unpaired) electrons. The fourth-order valence-electron chi connectivity index (χ4n) is 0.664. The molecule has 1 heterocycles. The number of carbonyl (C=O) groups excluding carboxylic acids is 2. The lowest BCUT2D eigenvalue weighted by molar-refractivity contribution is -0.108. The smallest absolute Gasteiger partial charge is 0.270 e. The first-order valence-corrected chi connectivity index (χ1v) is 3.51. The lowest BCUT2D eigenvalue weighted by Crippen LogP contribution is -2.00. The Labute approximate surface area is 72.7 Å². The van der Waals surface area contributed by atoms with Crippen molar-refractivity contribution in [1.82, 2.24) is 0 Å². The van der Waals surface area contributed by atoms with Crippen LogP contribution in [0.5, 0.6) is 0 Å². The molecule has 0 unspecified atom stereocenters. The zero-order chi connectivity index (χ0) is 8.43. The van der Waals surface area contributed by atoms with Crippen molar-refractivity contribution in [3.05, 3.63) is 11.6 Å². The first-order valence-electron chi connectivity index (χ1n) is 2.76. The van der Waals surface area contributed by atoms with E-state index in [2.05, 4.69) is 4.99 Å². The monoisotopic (exact) mass is 191 g/mol. The molecule has 1 aliphatic rings. The molecule has 0 amide bonds. The highest BCUT2D eigenvalue weighted by Crippen LogP contribution is 2.09. The number of hydrogen-bond acceptors (Lipinski definition) is 3. The van der Waals surface area contributed by atoms with Crippen LogP contribution in [0.4, 0.5) is 0 Å². The molecular weight excluding hydrogens is 189 g/mol. The van der Waals surface area contributed by atoms with Crippen molar-refractivity contribution in [1.29, 1.82) is 0 Å². The highest BCUT2D eigenvalue weighted by molar-refractivity contribution is 6.84. The van der Waals surface area contributed by atoms with Crippen LogP contribution in [0, 0.1) is 0 Å². The Hall–Kier alpha value is -0.670. The van der Waals surface area contributed by atoms with Gasteiger partial charge in [-0.15, -0.1) is 0 Å². The van der Waals surface area contributed by atoms with Crippen LogP contribution in [-0.2, 0) is 9.59 Å². The summed E-state index contributed by atoms with van der Waals surface area (Å²) in [5.41, 5.74) is 0.395. The van der Waals surface area contributed by atoms with E-state index in [1.807, 2.05) is 0 Å². The molecule has 0 N–H and O–H groups in total.